The maximum Gasteiger partial charge on any atom is 0.295 e. The lowest BCUT2D eigenvalue weighted by atomic mass is 9.95. The Kier molecular flexibility index (Phi) is 9.75. The second-order valence-electron chi connectivity index (χ2n) is 9.41. The van der Waals surface area contributed by atoms with E-state index in [-0.39, 0.29) is 24.5 Å². The van der Waals surface area contributed by atoms with Gasteiger partial charge in [0, 0.05) is 19.2 Å². The number of aliphatic hydroxyl groups excluding tert-OH is 1. The van der Waals surface area contributed by atoms with Gasteiger partial charge in [0.15, 0.2) is 0 Å². The smallest absolute Gasteiger partial charge is 0.295 e. The van der Waals surface area contributed by atoms with Crippen molar-refractivity contribution in [3.8, 4) is 11.5 Å². The summed E-state index contributed by atoms with van der Waals surface area (Å²) in [7, 11) is 1.54. The number of rotatable bonds is 13. The molecule has 1 unspecified atom stereocenters. The maximum atomic E-state index is 13.2. The van der Waals surface area contributed by atoms with Gasteiger partial charge in [0.25, 0.3) is 11.7 Å². The molecule has 0 bridgehead atoms. The van der Waals surface area contributed by atoms with Crippen LogP contribution in [-0.4, -0.2) is 48.6 Å². The molecule has 0 aromatic heterocycles. The van der Waals surface area contributed by atoms with E-state index in [4.69, 9.17) is 14.2 Å². The number of ketones is 1. The van der Waals surface area contributed by atoms with Crippen LogP contribution in [0.15, 0.2) is 84.4 Å². The highest BCUT2D eigenvalue weighted by atomic mass is 16.5. The molecule has 4 rings (SSSR count). The van der Waals surface area contributed by atoms with Crippen molar-refractivity contribution < 1.29 is 28.9 Å². The molecule has 7 nitrogen and oxygen atoms in total. The van der Waals surface area contributed by atoms with Gasteiger partial charge >= 0.3 is 0 Å². The van der Waals surface area contributed by atoms with Crippen LogP contribution in [-0.2, 0) is 20.9 Å². The number of aliphatic hydroxyl groups is 1. The third-order valence-electron chi connectivity index (χ3n) is 6.66. The molecule has 1 aliphatic rings. The fraction of sp³-hybridized carbons (Fsp3) is 0.312. The van der Waals surface area contributed by atoms with Crippen molar-refractivity contribution in [2.45, 2.75) is 38.8 Å². The summed E-state index contributed by atoms with van der Waals surface area (Å²) in [5.41, 5.74) is 2.22. The number of carbonyl (C=O) groups is 2. The number of likely N-dealkylation sites (tertiary alicyclic amines) is 1. The van der Waals surface area contributed by atoms with Crippen LogP contribution in [0, 0.1) is 0 Å². The minimum absolute atomic E-state index is 0.0469. The van der Waals surface area contributed by atoms with Crippen LogP contribution in [0.2, 0.25) is 0 Å². The Morgan fingerprint density at radius 2 is 1.51 bits per heavy atom. The summed E-state index contributed by atoms with van der Waals surface area (Å²) in [6.07, 6.45) is 3.18. The van der Waals surface area contributed by atoms with Crippen molar-refractivity contribution >= 4 is 17.4 Å². The van der Waals surface area contributed by atoms with E-state index in [1.807, 2.05) is 42.5 Å². The Morgan fingerprint density at radius 1 is 0.846 bits per heavy atom. The number of Topliss-reactive ketones (excluding diaryl/α,β-unsaturated/α-hetero) is 1. The molecule has 1 amide bonds. The molecule has 0 saturated carbocycles. The van der Waals surface area contributed by atoms with Crippen LogP contribution in [0.3, 0.4) is 0 Å². The van der Waals surface area contributed by atoms with Crippen LogP contribution >= 0.6 is 0 Å². The van der Waals surface area contributed by atoms with Crippen molar-refractivity contribution in [3.63, 3.8) is 0 Å². The molecule has 1 fully saturated rings. The average Bonchev–Trinajstić information content (AvgIpc) is 3.23. The lowest BCUT2D eigenvalue weighted by molar-refractivity contribution is -0.140. The Hall–Kier alpha value is -4.10. The summed E-state index contributed by atoms with van der Waals surface area (Å²) >= 11 is 0. The van der Waals surface area contributed by atoms with Gasteiger partial charge in [-0.25, -0.2) is 0 Å². The third-order valence-corrected chi connectivity index (χ3v) is 6.66. The summed E-state index contributed by atoms with van der Waals surface area (Å²) in [5.74, 6) is -0.270. The number of hydrogen-bond donors (Lipinski definition) is 1. The second kappa shape index (κ2) is 13.6. The summed E-state index contributed by atoms with van der Waals surface area (Å²) in [6, 6.07) is 23.3. The van der Waals surface area contributed by atoms with Gasteiger partial charge in [-0.3, -0.25) is 9.59 Å². The van der Waals surface area contributed by atoms with Crippen molar-refractivity contribution in [1.82, 2.24) is 4.90 Å². The largest absolute Gasteiger partial charge is 0.507 e. The van der Waals surface area contributed by atoms with Gasteiger partial charge in [-0.1, -0.05) is 62.2 Å². The molecule has 0 aliphatic carbocycles. The minimum Gasteiger partial charge on any atom is -0.507 e. The predicted octanol–water partition coefficient (Wildman–Crippen LogP) is 5.90. The van der Waals surface area contributed by atoms with E-state index < -0.39 is 17.7 Å². The molecule has 204 valence electrons. The van der Waals surface area contributed by atoms with Gasteiger partial charge in [-0.15, -0.1) is 0 Å². The molecule has 1 N–H and O–H groups in total. The molecule has 3 aromatic carbocycles. The molecule has 1 aliphatic heterocycles. The van der Waals surface area contributed by atoms with E-state index in [2.05, 4.69) is 6.92 Å². The summed E-state index contributed by atoms with van der Waals surface area (Å²) in [5, 5.41) is 11.3. The zero-order valence-electron chi connectivity index (χ0n) is 22.5. The van der Waals surface area contributed by atoms with Crippen LogP contribution < -0.4 is 9.47 Å². The van der Waals surface area contributed by atoms with Crippen molar-refractivity contribution in [2.24, 2.45) is 0 Å². The molecule has 7 heteroatoms. The van der Waals surface area contributed by atoms with Crippen LogP contribution in [0.25, 0.3) is 5.76 Å². The Balaban J connectivity index is 1.59. The number of carbonyl (C=O) groups excluding carboxylic acids is 2. The molecule has 0 spiro atoms. The first-order valence-electron chi connectivity index (χ1n) is 13.3. The monoisotopic (exact) mass is 529 g/mol. The predicted molar refractivity (Wildman–Crippen MR) is 150 cm³/mol. The first-order valence-corrected chi connectivity index (χ1v) is 13.3. The molecular formula is C32H35NO6. The van der Waals surface area contributed by atoms with Crippen LogP contribution in [0.4, 0.5) is 0 Å². The van der Waals surface area contributed by atoms with Crippen molar-refractivity contribution in [2.75, 3.05) is 26.9 Å². The average molecular weight is 530 g/mol. The van der Waals surface area contributed by atoms with Gasteiger partial charge in [-0.05, 0) is 53.9 Å². The number of ether oxygens (including phenoxy) is 3. The lowest BCUT2D eigenvalue weighted by Gasteiger charge is -2.25. The van der Waals surface area contributed by atoms with Gasteiger partial charge in [-0.2, -0.15) is 0 Å². The molecule has 1 saturated heterocycles. The fourth-order valence-corrected chi connectivity index (χ4v) is 4.54. The summed E-state index contributed by atoms with van der Waals surface area (Å²) in [6.45, 7) is 3.64. The first-order chi connectivity index (χ1) is 19.0. The highest BCUT2D eigenvalue weighted by Crippen LogP contribution is 2.40. The highest BCUT2D eigenvalue weighted by Gasteiger charge is 2.45. The molecular weight excluding hydrogens is 494 g/mol. The fourth-order valence-electron chi connectivity index (χ4n) is 4.54. The normalized spacial score (nSPS) is 16.5. The van der Waals surface area contributed by atoms with Crippen molar-refractivity contribution in [1.29, 1.82) is 0 Å². The Morgan fingerprint density at radius 3 is 2.18 bits per heavy atom. The van der Waals surface area contributed by atoms with E-state index in [9.17, 15) is 14.7 Å². The Bertz CT molecular complexity index is 1270. The number of methoxy groups -OCH3 is 1. The molecule has 3 aromatic rings. The van der Waals surface area contributed by atoms with Crippen molar-refractivity contribution in [3.05, 3.63) is 101 Å². The minimum atomic E-state index is -0.756. The number of benzene rings is 3. The third kappa shape index (κ3) is 6.86. The van der Waals surface area contributed by atoms with E-state index >= 15 is 0 Å². The van der Waals surface area contributed by atoms with Gasteiger partial charge in [0.05, 0.1) is 24.8 Å². The number of amides is 1. The Labute approximate surface area is 229 Å². The molecule has 1 heterocycles. The second-order valence-corrected chi connectivity index (χ2v) is 9.41. The van der Waals surface area contributed by atoms with E-state index in [1.165, 1.54) is 12.0 Å². The van der Waals surface area contributed by atoms with Gasteiger partial charge in [0.1, 0.15) is 23.9 Å². The standard InChI is InChI=1S/C32H35NO6/c1-3-4-8-20-38-26-17-13-25(14-18-26)30(34)28-29(33(19-21-37-2)32(36)31(28)35)24-11-15-27(16-12-24)39-22-23-9-6-5-7-10-23/h5-7,9-18,29,34H,3-4,8,19-22H2,1-2H3/b30-28-. The molecule has 0 radical (unpaired) electrons. The van der Waals surface area contributed by atoms with Crippen LogP contribution in [0.5, 0.6) is 11.5 Å². The SMILES string of the molecule is CCCCCOc1ccc(/C(O)=C2/C(=O)C(=O)N(CCOC)C2c2ccc(OCc3ccccc3)cc2)cc1. The van der Waals surface area contributed by atoms with Gasteiger partial charge in [0.2, 0.25) is 0 Å². The quantitative estimate of drug-likeness (QED) is 0.128. The maximum absolute atomic E-state index is 13.2. The van der Waals surface area contributed by atoms with Crippen LogP contribution in [0.1, 0.15) is 48.9 Å². The number of nitrogens with zero attached hydrogens (tertiary/aromatic N) is 1. The van der Waals surface area contributed by atoms with E-state index in [0.29, 0.717) is 35.8 Å². The first kappa shape index (κ1) is 27.9. The number of unbranched alkanes of at least 4 members (excludes halogenated alkanes) is 2. The topological polar surface area (TPSA) is 85.3 Å². The zero-order valence-corrected chi connectivity index (χ0v) is 22.5. The lowest BCUT2D eigenvalue weighted by Crippen LogP contribution is -2.32. The summed E-state index contributed by atoms with van der Waals surface area (Å²) in [4.78, 5) is 27.6. The van der Waals surface area contributed by atoms with Gasteiger partial charge < -0.3 is 24.2 Å². The highest BCUT2D eigenvalue weighted by molar-refractivity contribution is 6.46. The zero-order chi connectivity index (χ0) is 27.6. The van der Waals surface area contributed by atoms with E-state index in [1.54, 1.807) is 36.4 Å². The summed E-state index contributed by atoms with van der Waals surface area (Å²) < 4.78 is 16.9. The number of hydrogen-bond acceptors (Lipinski definition) is 6. The van der Waals surface area contributed by atoms with E-state index in [0.717, 1.165) is 24.8 Å². The molecule has 1 atom stereocenters. The molecule has 39 heavy (non-hydrogen) atoms.